The van der Waals surface area contributed by atoms with Gasteiger partial charge in [0.25, 0.3) is 0 Å². The van der Waals surface area contributed by atoms with Crippen LogP contribution in [0.2, 0.25) is 0 Å². The molecule has 1 heterocycles. The van der Waals surface area contributed by atoms with Crippen molar-refractivity contribution in [2.45, 2.75) is 30.4 Å². The largest absolute Gasteiger partial charge is 0.384 e. The molecule has 3 rings (SSSR count). The normalized spacial score (nSPS) is 15.2. The van der Waals surface area contributed by atoms with Gasteiger partial charge in [-0.2, -0.15) is 0 Å². The number of hydrogen-bond acceptors (Lipinski definition) is 5. The highest BCUT2D eigenvalue weighted by molar-refractivity contribution is 7.89. The summed E-state index contributed by atoms with van der Waals surface area (Å²) in [5.74, 6) is -0.572. The van der Waals surface area contributed by atoms with Crippen LogP contribution in [0.5, 0.6) is 0 Å². The van der Waals surface area contributed by atoms with Crippen molar-refractivity contribution in [3.63, 3.8) is 0 Å². The lowest BCUT2D eigenvalue weighted by molar-refractivity contribution is 0.0568. The van der Waals surface area contributed by atoms with Crippen molar-refractivity contribution < 1.29 is 17.9 Å². The number of nitrogens with one attached hydrogen (secondary N) is 2. The van der Waals surface area contributed by atoms with Crippen molar-refractivity contribution in [1.82, 2.24) is 15.0 Å². The van der Waals surface area contributed by atoms with Crippen LogP contribution >= 0.6 is 0 Å². The van der Waals surface area contributed by atoms with Crippen molar-refractivity contribution in [1.29, 1.82) is 0 Å². The molecule has 1 aromatic heterocycles. The first-order valence-electron chi connectivity index (χ1n) is 9.23. The predicted octanol–water partition coefficient (Wildman–Crippen LogP) is 2.54. The molecule has 2 atom stereocenters. The summed E-state index contributed by atoms with van der Waals surface area (Å²) in [6.45, 7) is 3.99. The summed E-state index contributed by atoms with van der Waals surface area (Å²) >= 11 is 0. The van der Waals surface area contributed by atoms with Gasteiger partial charge in [0.05, 0.1) is 16.7 Å². The topological polar surface area (TPSA) is 91.3 Å². The van der Waals surface area contributed by atoms with Gasteiger partial charge in [0.15, 0.2) is 0 Å². The first-order valence-corrected chi connectivity index (χ1v) is 10.7. The van der Waals surface area contributed by atoms with Crippen LogP contribution in [0.25, 0.3) is 10.8 Å². The molecular weight excluding hydrogens is 393 g/mol. The SMILES string of the molecule is C[C@H](CNCC(C)(O)c1ccccc1)NS(=O)(=O)c1ccc2cncc(F)c2c1. The molecule has 3 N–H and O–H groups in total. The summed E-state index contributed by atoms with van der Waals surface area (Å²) in [5, 5.41) is 14.4. The zero-order valence-electron chi connectivity index (χ0n) is 16.3. The average molecular weight is 418 g/mol. The van der Waals surface area contributed by atoms with Gasteiger partial charge in [-0.1, -0.05) is 36.4 Å². The second-order valence-electron chi connectivity index (χ2n) is 7.30. The summed E-state index contributed by atoms with van der Waals surface area (Å²) in [6.07, 6.45) is 2.53. The number of hydrogen-bond donors (Lipinski definition) is 3. The Bertz CT molecular complexity index is 1090. The molecule has 0 amide bonds. The fraction of sp³-hybridized carbons (Fsp3) is 0.286. The van der Waals surface area contributed by atoms with Gasteiger partial charge in [0.2, 0.25) is 10.0 Å². The summed E-state index contributed by atoms with van der Waals surface area (Å²) in [6, 6.07) is 13.1. The Kier molecular flexibility index (Phi) is 6.28. The lowest BCUT2D eigenvalue weighted by atomic mass is 9.96. The Morgan fingerprint density at radius 3 is 2.62 bits per heavy atom. The van der Waals surface area contributed by atoms with Crippen LogP contribution in [0.1, 0.15) is 19.4 Å². The first-order chi connectivity index (χ1) is 13.7. The van der Waals surface area contributed by atoms with E-state index in [2.05, 4.69) is 15.0 Å². The zero-order valence-corrected chi connectivity index (χ0v) is 17.1. The highest BCUT2D eigenvalue weighted by Gasteiger charge is 2.23. The van der Waals surface area contributed by atoms with E-state index in [1.165, 1.54) is 24.4 Å². The Morgan fingerprint density at radius 2 is 1.90 bits per heavy atom. The van der Waals surface area contributed by atoms with Gasteiger partial charge >= 0.3 is 0 Å². The summed E-state index contributed by atoms with van der Waals surface area (Å²) < 4.78 is 41.8. The number of aromatic nitrogens is 1. The van der Waals surface area contributed by atoms with E-state index in [0.717, 1.165) is 11.8 Å². The lowest BCUT2D eigenvalue weighted by Gasteiger charge is -2.25. The van der Waals surface area contributed by atoms with E-state index in [1.807, 2.05) is 30.3 Å². The van der Waals surface area contributed by atoms with Crippen LogP contribution < -0.4 is 10.0 Å². The third kappa shape index (κ3) is 5.16. The van der Waals surface area contributed by atoms with Crippen LogP contribution in [-0.2, 0) is 15.6 Å². The average Bonchev–Trinajstić information content (AvgIpc) is 2.68. The number of sulfonamides is 1. The van der Waals surface area contributed by atoms with E-state index < -0.39 is 27.5 Å². The van der Waals surface area contributed by atoms with Crippen LogP contribution in [0, 0.1) is 5.82 Å². The molecule has 6 nitrogen and oxygen atoms in total. The van der Waals surface area contributed by atoms with Crippen molar-refractivity contribution in [3.8, 4) is 0 Å². The van der Waals surface area contributed by atoms with Gasteiger partial charge in [0.1, 0.15) is 5.82 Å². The number of pyridine rings is 1. The monoisotopic (exact) mass is 417 g/mol. The van der Waals surface area contributed by atoms with Crippen LogP contribution in [0.3, 0.4) is 0 Å². The Balaban J connectivity index is 1.62. The van der Waals surface area contributed by atoms with E-state index in [4.69, 9.17) is 0 Å². The van der Waals surface area contributed by atoms with Crippen LogP contribution in [0.15, 0.2) is 65.8 Å². The van der Waals surface area contributed by atoms with E-state index in [1.54, 1.807) is 13.8 Å². The van der Waals surface area contributed by atoms with Crippen LogP contribution in [-0.4, -0.2) is 37.6 Å². The molecule has 0 saturated heterocycles. The molecule has 8 heteroatoms. The number of halogens is 1. The molecule has 0 radical (unpaired) electrons. The third-order valence-electron chi connectivity index (χ3n) is 4.67. The first kappa shape index (κ1) is 21.3. The predicted molar refractivity (Wildman–Crippen MR) is 110 cm³/mol. The Morgan fingerprint density at radius 1 is 1.17 bits per heavy atom. The highest BCUT2D eigenvalue weighted by atomic mass is 32.2. The molecule has 2 aromatic carbocycles. The number of rotatable bonds is 8. The zero-order chi connectivity index (χ0) is 21.1. The second-order valence-corrected chi connectivity index (χ2v) is 9.01. The summed E-state index contributed by atoms with van der Waals surface area (Å²) in [5.41, 5.74) is -0.308. The Hall–Kier alpha value is -2.39. The highest BCUT2D eigenvalue weighted by Crippen LogP contribution is 2.21. The number of aliphatic hydroxyl groups is 1. The molecule has 0 saturated carbocycles. The second kappa shape index (κ2) is 8.54. The van der Waals surface area contributed by atoms with E-state index in [-0.39, 0.29) is 16.8 Å². The van der Waals surface area contributed by atoms with Gasteiger partial charge in [0, 0.05) is 36.1 Å². The molecule has 0 aliphatic heterocycles. The van der Waals surface area contributed by atoms with Crippen molar-refractivity contribution >= 4 is 20.8 Å². The molecule has 154 valence electrons. The van der Waals surface area contributed by atoms with Gasteiger partial charge in [-0.05, 0) is 31.5 Å². The Labute approximate surface area is 169 Å². The molecule has 0 aliphatic carbocycles. The molecular formula is C21H24FN3O3S. The van der Waals surface area contributed by atoms with Crippen molar-refractivity contribution in [3.05, 3.63) is 72.3 Å². The summed E-state index contributed by atoms with van der Waals surface area (Å²) in [7, 11) is -3.83. The molecule has 0 aliphatic rings. The van der Waals surface area contributed by atoms with E-state index in [0.29, 0.717) is 11.9 Å². The molecule has 29 heavy (non-hydrogen) atoms. The van der Waals surface area contributed by atoms with Gasteiger partial charge in [-0.15, -0.1) is 0 Å². The smallest absolute Gasteiger partial charge is 0.240 e. The molecule has 1 unspecified atom stereocenters. The minimum Gasteiger partial charge on any atom is -0.384 e. The summed E-state index contributed by atoms with van der Waals surface area (Å²) in [4.78, 5) is 3.74. The van der Waals surface area contributed by atoms with Gasteiger partial charge in [-0.25, -0.2) is 17.5 Å². The van der Waals surface area contributed by atoms with Crippen LogP contribution in [0.4, 0.5) is 4.39 Å². The van der Waals surface area contributed by atoms with Gasteiger partial charge < -0.3 is 10.4 Å². The maximum absolute atomic E-state index is 13.9. The minimum absolute atomic E-state index is 0.0155. The quantitative estimate of drug-likeness (QED) is 0.524. The number of nitrogens with zero attached hydrogens (tertiary/aromatic N) is 1. The lowest BCUT2D eigenvalue weighted by Crippen LogP contribution is -2.44. The number of fused-ring (bicyclic) bond motifs is 1. The molecule has 3 aromatic rings. The fourth-order valence-electron chi connectivity index (χ4n) is 3.08. The molecule has 0 spiro atoms. The van der Waals surface area contributed by atoms with Crippen molar-refractivity contribution in [2.75, 3.05) is 13.1 Å². The molecule has 0 fully saturated rings. The van der Waals surface area contributed by atoms with Crippen molar-refractivity contribution in [2.24, 2.45) is 0 Å². The molecule has 0 bridgehead atoms. The maximum Gasteiger partial charge on any atom is 0.240 e. The van der Waals surface area contributed by atoms with E-state index >= 15 is 0 Å². The van der Waals surface area contributed by atoms with E-state index in [9.17, 15) is 17.9 Å². The van der Waals surface area contributed by atoms with Gasteiger partial charge in [-0.3, -0.25) is 4.98 Å². The third-order valence-corrected chi connectivity index (χ3v) is 6.25. The number of benzene rings is 2. The minimum atomic E-state index is -3.83. The fourth-order valence-corrected chi connectivity index (χ4v) is 4.35. The standard InChI is InChI=1S/C21H24FN3O3S/c1-15(11-24-14-21(2,26)17-6-4-3-5-7-17)25-29(27,28)18-9-8-16-12-23-13-20(22)19(16)10-18/h3-10,12-13,15,24-26H,11,14H2,1-2H3/t15-,21?/m1/s1. The maximum atomic E-state index is 13.9.